The molecule has 10 heavy (non-hydrogen) atoms. The number of rotatable bonds is 5. The Hall–Kier alpha value is -0.340. The van der Waals surface area contributed by atoms with Gasteiger partial charge in [-0.25, -0.2) is 0 Å². The Labute approximate surface area is 63.7 Å². The van der Waals surface area contributed by atoms with Crippen LogP contribution >= 0.6 is 0 Å². The highest BCUT2D eigenvalue weighted by atomic mass is 15.1. The molecule has 2 heteroatoms. The standard InChI is InChI=1S/C8H18N2/c1-4-6-8(9)7-10(3)5-2/h4,8H,1,5-7,9H2,2-3H3. The van der Waals surface area contributed by atoms with E-state index in [0.717, 1.165) is 19.5 Å². The molecular weight excluding hydrogens is 124 g/mol. The van der Waals surface area contributed by atoms with Gasteiger partial charge in [-0.05, 0) is 20.0 Å². The van der Waals surface area contributed by atoms with E-state index in [4.69, 9.17) is 5.73 Å². The third kappa shape index (κ3) is 4.53. The van der Waals surface area contributed by atoms with Gasteiger partial charge in [-0.3, -0.25) is 0 Å². The first-order chi connectivity index (χ1) is 4.70. The van der Waals surface area contributed by atoms with E-state index in [0.29, 0.717) is 0 Å². The lowest BCUT2D eigenvalue weighted by Crippen LogP contribution is -2.34. The molecule has 0 aliphatic carbocycles. The summed E-state index contributed by atoms with van der Waals surface area (Å²) in [5.41, 5.74) is 5.75. The van der Waals surface area contributed by atoms with Gasteiger partial charge in [-0.1, -0.05) is 13.0 Å². The van der Waals surface area contributed by atoms with E-state index in [-0.39, 0.29) is 6.04 Å². The highest BCUT2D eigenvalue weighted by molar-refractivity contribution is 4.76. The van der Waals surface area contributed by atoms with Gasteiger partial charge in [-0.2, -0.15) is 0 Å². The van der Waals surface area contributed by atoms with E-state index in [1.54, 1.807) is 0 Å². The van der Waals surface area contributed by atoms with Crippen molar-refractivity contribution < 1.29 is 0 Å². The van der Waals surface area contributed by atoms with Gasteiger partial charge in [0.05, 0.1) is 0 Å². The summed E-state index contributed by atoms with van der Waals surface area (Å²) >= 11 is 0. The van der Waals surface area contributed by atoms with Crippen LogP contribution in [0, 0.1) is 0 Å². The third-order valence-electron chi connectivity index (χ3n) is 1.56. The van der Waals surface area contributed by atoms with Gasteiger partial charge in [0.25, 0.3) is 0 Å². The molecule has 0 aromatic rings. The maximum absolute atomic E-state index is 5.75. The van der Waals surface area contributed by atoms with Gasteiger partial charge >= 0.3 is 0 Å². The van der Waals surface area contributed by atoms with Gasteiger partial charge in [0.2, 0.25) is 0 Å². The molecule has 0 saturated carbocycles. The molecule has 2 N–H and O–H groups in total. The topological polar surface area (TPSA) is 29.3 Å². The van der Waals surface area contributed by atoms with Crippen molar-refractivity contribution >= 4 is 0 Å². The molecule has 0 aliphatic heterocycles. The Bertz CT molecular complexity index is 91.3. The van der Waals surface area contributed by atoms with Crippen LogP contribution < -0.4 is 5.73 Å². The van der Waals surface area contributed by atoms with Gasteiger partial charge in [0.1, 0.15) is 0 Å². The van der Waals surface area contributed by atoms with Crippen molar-refractivity contribution in [2.24, 2.45) is 5.73 Å². The van der Waals surface area contributed by atoms with E-state index in [2.05, 4.69) is 25.5 Å². The Morgan fingerprint density at radius 2 is 2.30 bits per heavy atom. The van der Waals surface area contributed by atoms with E-state index < -0.39 is 0 Å². The van der Waals surface area contributed by atoms with Crippen molar-refractivity contribution in [1.82, 2.24) is 4.90 Å². The number of nitrogens with zero attached hydrogens (tertiary/aromatic N) is 1. The van der Waals surface area contributed by atoms with Crippen molar-refractivity contribution in [2.45, 2.75) is 19.4 Å². The van der Waals surface area contributed by atoms with Crippen LogP contribution in [0.4, 0.5) is 0 Å². The molecule has 0 bridgehead atoms. The molecule has 0 spiro atoms. The summed E-state index contributed by atoms with van der Waals surface area (Å²) in [4.78, 5) is 2.20. The smallest absolute Gasteiger partial charge is 0.0202 e. The number of hydrogen-bond donors (Lipinski definition) is 1. The Morgan fingerprint density at radius 3 is 2.70 bits per heavy atom. The predicted molar refractivity (Wildman–Crippen MR) is 46.0 cm³/mol. The molecule has 0 aliphatic rings. The first-order valence-corrected chi connectivity index (χ1v) is 3.75. The van der Waals surface area contributed by atoms with Crippen molar-refractivity contribution in [1.29, 1.82) is 0 Å². The SMILES string of the molecule is C=CCC(N)CN(C)CC. The normalized spacial score (nSPS) is 13.6. The Balaban J connectivity index is 3.35. The average Bonchev–Trinajstić information content (AvgIpc) is 1.88. The lowest BCUT2D eigenvalue weighted by Gasteiger charge is -2.17. The molecule has 0 fully saturated rings. The summed E-state index contributed by atoms with van der Waals surface area (Å²) in [6.45, 7) is 7.78. The van der Waals surface area contributed by atoms with Crippen molar-refractivity contribution in [3.05, 3.63) is 12.7 Å². The lowest BCUT2D eigenvalue weighted by atomic mass is 10.2. The van der Waals surface area contributed by atoms with Crippen LogP contribution in [0.2, 0.25) is 0 Å². The first kappa shape index (κ1) is 9.66. The summed E-state index contributed by atoms with van der Waals surface area (Å²) in [5, 5.41) is 0. The highest BCUT2D eigenvalue weighted by Crippen LogP contribution is 1.91. The van der Waals surface area contributed by atoms with Crippen LogP contribution in [-0.2, 0) is 0 Å². The Kier molecular flexibility index (Phi) is 5.26. The minimum Gasteiger partial charge on any atom is -0.326 e. The lowest BCUT2D eigenvalue weighted by molar-refractivity contribution is 0.327. The van der Waals surface area contributed by atoms with Gasteiger partial charge in [-0.15, -0.1) is 6.58 Å². The molecule has 0 saturated heterocycles. The monoisotopic (exact) mass is 142 g/mol. The molecule has 0 aromatic carbocycles. The molecule has 0 rings (SSSR count). The van der Waals surface area contributed by atoms with Gasteiger partial charge in [0, 0.05) is 12.6 Å². The first-order valence-electron chi connectivity index (χ1n) is 3.75. The molecule has 60 valence electrons. The fraction of sp³-hybridized carbons (Fsp3) is 0.750. The maximum atomic E-state index is 5.75. The fourth-order valence-electron chi connectivity index (χ4n) is 0.818. The molecule has 1 unspecified atom stereocenters. The predicted octanol–water partition coefficient (Wildman–Crippen LogP) is 0.841. The number of nitrogens with two attached hydrogens (primary N) is 1. The minimum atomic E-state index is 0.252. The highest BCUT2D eigenvalue weighted by Gasteiger charge is 2.01. The quantitative estimate of drug-likeness (QED) is 0.576. The summed E-state index contributed by atoms with van der Waals surface area (Å²) < 4.78 is 0. The van der Waals surface area contributed by atoms with E-state index in [1.165, 1.54) is 0 Å². The molecule has 0 amide bonds. The van der Waals surface area contributed by atoms with Crippen LogP contribution in [0.25, 0.3) is 0 Å². The molecule has 0 radical (unpaired) electrons. The van der Waals surface area contributed by atoms with Crippen LogP contribution in [0.5, 0.6) is 0 Å². The van der Waals surface area contributed by atoms with E-state index in [1.807, 2.05) is 6.08 Å². The average molecular weight is 142 g/mol. The van der Waals surface area contributed by atoms with Gasteiger partial charge in [0.15, 0.2) is 0 Å². The van der Waals surface area contributed by atoms with Crippen molar-refractivity contribution in [3.8, 4) is 0 Å². The number of likely N-dealkylation sites (N-methyl/N-ethyl adjacent to an activating group) is 1. The second-order valence-electron chi connectivity index (χ2n) is 2.64. The molecule has 1 atom stereocenters. The second kappa shape index (κ2) is 5.45. The summed E-state index contributed by atoms with van der Waals surface area (Å²) in [6, 6.07) is 0.252. The zero-order chi connectivity index (χ0) is 7.98. The second-order valence-corrected chi connectivity index (χ2v) is 2.64. The zero-order valence-corrected chi connectivity index (χ0v) is 7.01. The van der Waals surface area contributed by atoms with Crippen LogP contribution in [-0.4, -0.2) is 31.1 Å². The maximum Gasteiger partial charge on any atom is 0.0202 e. The molecule has 0 aromatic heterocycles. The summed E-state index contributed by atoms with van der Waals surface area (Å²) in [6.07, 6.45) is 2.78. The zero-order valence-electron chi connectivity index (χ0n) is 7.01. The fourth-order valence-corrected chi connectivity index (χ4v) is 0.818. The van der Waals surface area contributed by atoms with Crippen molar-refractivity contribution in [3.63, 3.8) is 0 Å². The van der Waals surface area contributed by atoms with Crippen LogP contribution in [0.3, 0.4) is 0 Å². The molecule has 2 nitrogen and oxygen atoms in total. The van der Waals surface area contributed by atoms with Gasteiger partial charge < -0.3 is 10.6 Å². The largest absolute Gasteiger partial charge is 0.326 e. The minimum absolute atomic E-state index is 0.252. The Morgan fingerprint density at radius 1 is 1.70 bits per heavy atom. The van der Waals surface area contributed by atoms with E-state index in [9.17, 15) is 0 Å². The van der Waals surface area contributed by atoms with Crippen LogP contribution in [0.15, 0.2) is 12.7 Å². The van der Waals surface area contributed by atoms with Crippen molar-refractivity contribution in [2.75, 3.05) is 20.1 Å². The number of hydrogen-bond acceptors (Lipinski definition) is 2. The molecular formula is C8H18N2. The summed E-state index contributed by atoms with van der Waals surface area (Å²) in [7, 11) is 2.07. The van der Waals surface area contributed by atoms with Crippen LogP contribution in [0.1, 0.15) is 13.3 Å². The molecule has 0 heterocycles. The summed E-state index contributed by atoms with van der Waals surface area (Å²) in [5.74, 6) is 0. The van der Waals surface area contributed by atoms with E-state index >= 15 is 0 Å². The third-order valence-corrected chi connectivity index (χ3v) is 1.56.